The van der Waals surface area contributed by atoms with Gasteiger partial charge in [0.1, 0.15) is 0 Å². The number of aromatic nitrogens is 1. The minimum Gasteiger partial charge on any atom is -0.288 e. The van der Waals surface area contributed by atoms with Crippen molar-refractivity contribution in [2.24, 2.45) is 0 Å². The molecule has 0 bridgehead atoms. The third-order valence-electron chi connectivity index (χ3n) is 3.68. The van der Waals surface area contributed by atoms with Gasteiger partial charge in [0.2, 0.25) is 5.78 Å². The van der Waals surface area contributed by atoms with Crippen molar-refractivity contribution in [1.29, 1.82) is 0 Å². The van der Waals surface area contributed by atoms with E-state index >= 15 is 0 Å². The molecule has 2 nitrogen and oxygen atoms in total. The summed E-state index contributed by atoms with van der Waals surface area (Å²) in [6.45, 7) is 1.89. The maximum atomic E-state index is 12.4. The highest BCUT2D eigenvalue weighted by molar-refractivity contribution is 7.12. The third kappa shape index (κ3) is 1.99. The highest BCUT2D eigenvalue weighted by atomic mass is 32.1. The summed E-state index contributed by atoms with van der Waals surface area (Å²) >= 11 is 1.43. The van der Waals surface area contributed by atoms with E-state index in [9.17, 15) is 4.79 Å². The topological polar surface area (TPSA) is 30.0 Å². The van der Waals surface area contributed by atoms with Gasteiger partial charge in [0.05, 0.1) is 16.1 Å². The van der Waals surface area contributed by atoms with Gasteiger partial charge in [-0.2, -0.15) is 0 Å². The van der Waals surface area contributed by atoms with Gasteiger partial charge in [0, 0.05) is 5.56 Å². The molecule has 1 aromatic heterocycles. The van der Waals surface area contributed by atoms with Gasteiger partial charge >= 0.3 is 0 Å². The molecule has 0 unspecified atom stereocenters. The molecule has 18 heavy (non-hydrogen) atoms. The lowest BCUT2D eigenvalue weighted by Gasteiger charge is -2.26. The number of aryl methyl sites for hydroxylation is 1. The Morgan fingerprint density at radius 1 is 1.39 bits per heavy atom. The summed E-state index contributed by atoms with van der Waals surface area (Å²) in [4.78, 5) is 17.3. The predicted molar refractivity (Wildman–Crippen MR) is 73.3 cm³/mol. The van der Waals surface area contributed by atoms with Crippen LogP contribution >= 0.6 is 11.3 Å². The molecule has 0 spiro atoms. The fraction of sp³-hybridized carbons (Fsp3) is 0.333. The second kappa shape index (κ2) is 4.65. The van der Waals surface area contributed by atoms with Crippen molar-refractivity contribution in [2.75, 3.05) is 0 Å². The Hall–Kier alpha value is -1.48. The molecule has 3 rings (SSSR count). The number of hydrogen-bond donors (Lipinski definition) is 0. The molecule has 1 aliphatic rings. The molecule has 1 fully saturated rings. The Labute approximate surface area is 111 Å². The summed E-state index contributed by atoms with van der Waals surface area (Å²) in [5.41, 5.74) is 4.68. The second-order valence-corrected chi connectivity index (χ2v) is 5.70. The van der Waals surface area contributed by atoms with Crippen LogP contribution in [0, 0.1) is 6.92 Å². The smallest absolute Gasteiger partial charge is 0.204 e. The normalized spacial score (nSPS) is 15.4. The number of carbonyl (C=O) groups excluding carboxylic acids is 1. The van der Waals surface area contributed by atoms with Crippen LogP contribution in [0.5, 0.6) is 0 Å². The van der Waals surface area contributed by atoms with Crippen molar-refractivity contribution in [3.63, 3.8) is 0 Å². The Kier molecular flexibility index (Phi) is 3.00. The zero-order valence-electron chi connectivity index (χ0n) is 10.3. The number of thiazole rings is 1. The van der Waals surface area contributed by atoms with E-state index in [1.54, 1.807) is 5.51 Å². The van der Waals surface area contributed by atoms with Crippen LogP contribution in [0.1, 0.15) is 51.7 Å². The van der Waals surface area contributed by atoms with Gasteiger partial charge in [-0.25, -0.2) is 4.98 Å². The van der Waals surface area contributed by atoms with Gasteiger partial charge in [-0.1, -0.05) is 24.6 Å². The lowest BCUT2D eigenvalue weighted by atomic mass is 9.79. The van der Waals surface area contributed by atoms with Crippen LogP contribution in [0.25, 0.3) is 0 Å². The van der Waals surface area contributed by atoms with Crippen molar-refractivity contribution in [2.45, 2.75) is 32.1 Å². The van der Waals surface area contributed by atoms with Crippen LogP contribution in [-0.2, 0) is 0 Å². The SMILES string of the molecule is Cc1ncsc1C(=O)c1cccc(C2CCC2)c1. The molecule has 0 aliphatic heterocycles. The molecule has 92 valence electrons. The van der Waals surface area contributed by atoms with Crippen LogP contribution in [0.3, 0.4) is 0 Å². The number of nitrogens with zero attached hydrogens (tertiary/aromatic N) is 1. The average molecular weight is 257 g/mol. The number of benzene rings is 1. The maximum absolute atomic E-state index is 12.4. The first kappa shape index (κ1) is 11.6. The van der Waals surface area contributed by atoms with E-state index in [1.165, 1.54) is 36.2 Å². The van der Waals surface area contributed by atoms with Gasteiger partial charge in [0.25, 0.3) is 0 Å². The Morgan fingerprint density at radius 3 is 2.83 bits per heavy atom. The molecule has 1 heterocycles. The molecule has 2 aromatic rings. The number of hydrogen-bond acceptors (Lipinski definition) is 3. The second-order valence-electron chi connectivity index (χ2n) is 4.85. The summed E-state index contributed by atoms with van der Waals surface area (Å²) in [7, 11) is 0. The van der Waals surface area contributed by atoms with Crippen molar-refractivity contribution in [1.82, 2.24) is 4.98 Å². The standard InChI is InChI=1S/C15H15NOS/c1-10-15(18-9-16-10)14(17)13-7-3-6-12(8-13)11-4-2-5-11/h3,6-9,11H,2,4-5H2,1H3. The van der Waals surface area contributed by atoms with Crippen LogP contribution in [0.2, 0.25) is 0 Å². The zero-order chi connectivity index (χ0) is 12.5. The first-order valence-corrected chi connectivity index (χ1v) is 7.18. The molecule has 0 N–H and O–H groups in total. The molecule has 0 saturated heterocycles. The van der Waals surface area contributed by atoms with E-state index in [0.717, 1.165) is 16.1 Å². The minimum absolute atomic E-state index is 0.108. The van der Waals surface area contributed by atoms with Crippen LogP contribution in [-0.4, -0.2) is 10.8 Å². The zero-order valence-corrected chi connectivity index (χ0v) is 11.2. The molecular weight excluding hydrogens is 242 g/mol. The summed E-state index contributed by atoms with van der Waals surface area (Å²) < 4.78 is 0. The molecule has 0 amide bonds. The van der Waals surface area contributed by atoms with Crippen molar-refractivity contribution < 1.29 is 4.79 Å². The van der Waals surface area contributed by atoms with Crippen molar-refractivity contribution in [3.8, 4) is 0 Å². The fourth-order valence-electron chi connectivity index (χ4n) is 2.33. The maximum Gasteiger partial charge on any atom is 0.204 e. The van der Waals surface area contributed by atoms with Gasteiger partial charge in [-0.3, -0.25) is 4.79 Å². The van der Waals surface area contributed by atoms with Crippen LogP contribution in [0.4, 0.5) is 0 Å². The Morgan fingerprint density at radius 2 is 2.22 bits per heavy atom. The van der Waals surface area contributed by atoms with Crippen LogP contribution < -0.4 is 0 Å². The highest BCUT2D eigenvalue weighted by Gasteiger charge is 2.21. The highest BCUT2D eigenvalue weighted by Crippen LogP contribution is 2.36. The Bertz CT molecular complexity index is 584. The van der Waals surface area contributed by atoms with Crippen LogP contribution in [0.15, 0.2) is 29.8 Å². The number of ketones is 1. The monoisotopic (exact) mass is 257 g/mol. The Balaban J connectivity index is 1.92. The van der Waals surface area contributed by atoms with Gasteiger partial charge in [0.15, 0.2) is 0 Å². The lowest BCUT2D eigenvalue weighted by Crippen LogP contribution is -2.10. The molecule has 1 aromatic carbocycles. The van der Waals surface area contributed by atoms with E-state index < -0.39 is 0 Å². The van der Waals surface area contributed by atoms with Crippen molar-refractivity contribution in [3.05, 3.63) is 51.5 Å². The van der Waals surface area contributed by atoms with E-state index in [2.05, 4.69) is 17.1 Å². The first-order valence-electron chi connectivity index (χ1n) is 6.30. The van der Waals surface area contributed by atoms with E-state index in [-0.39, 0.29) is 5.78 Å². The first-order chi connectivity index (χ1) is 8.75. The molecule has 0 atom stereocenters. The largest absolute Gasteiger partial charge is 0.288 e. The van der Waals surface area contributed by atoms with Crippen molar-refractivity contribution >= 4 is 17.1 Å². The van der Waals surface area contributed by atoms with E-state index in [0.29, 0.717) is 5.92 Å². The summed E-state index contributed by atoms with van der Waals surface area (Å²) in [6.07, 6.45) is 3.84. The molecular formula is C15H15NOS. The summed E-state index contributed by atoms with van der Waals surface area (Å²) in [5.74, 6) is 0.775. The third-order valence-corrected chi connectivity index (χ3v) is 4.60. The average Bonchev–Trinajstić information content (AvgIpc) is 2.73. The van der Waals surface area contributed by atoms with E-state index in [4.69, 9.17) is 0 Å². The van der Waals surface area contributed by atoms with Gasteiger partial charge in [-0.15, -0.1) is 11.3 Å². The minimum atomic E-state index is 0.108. The molecule has 1 saturated carbocycles. The predicted octanol–water partition coefficient (Wildman–Crippen LogP) is 3.95. The lowest BCUT2D eigenvalue weighted by molar-refractivity contribution is 0.104. The summed E-state index contributed by atoms with van der Waals surface area (Å²) in [6, 6.07) is 8.10. The van der Waals surface area contributed by atoms with Gasteiger partial charge < -0.3 is 0 Å². The number of rotatable bonds is 3. The van der Waals surface area contributed by atoms with Gasteiger partial charge in [-0.05, 0) is 37.3 Å². The fourth-order valence-corrected chi connectivity index (χ4v) is 3.09. The molecule has 1 aliphatic carbocycles. The molecule has 3 heteroatoms. The molecule has 0 radical (unpaired) electrons. The quantitative estimate of drug-likeness (QED) is 0.779. The summed E-state index contributed by atoms with van der Waals surface area (Å²) in [5, 5.41) is 0. The van der Waals surface area contributed by atoms with E-state index in [1.807, 2.05) is 19.1 Å². The number of carbonyl (C=O) groups is 1.